The third-order valence-corrected chi connectivity index (χ3v) is 2.55. The number of ether oxygens (including phenoxy) is 1. The van der Waals surface area contributed by atoms with E-state index in [1.54, 1.807) is 0 Å². The van der Waals surface area contributed by atoms with E-state index in [-0.39, 0.29) is 33.9 Å². The Morgan fingerprint density at radius 1 is 1.40 bits per heavy atom. The standard InChI is InChI=1S/C11H8ClN5O3/c12-7-5-6(1-2-8(7)17(18)19)20-11-9(10(13)14)15-3-4-16-11/h1-5H,(H3,13,14). The van der Waals surface area contributed by atoms with Crippen molar-refractivity contribution in [2.24, 2.45) is 5.73 Å². The number of rotatable bonds is 4. The van der Waals surface area contributed by atoms with Gasteiger partial charge >= 0.3 is 0 Å². The summed E-state index contributed by atoms with van der Waals surface area (Å²) in [6.45, 7) is 0. The molecule has 20 heavy (non-hydrogen) atoms. The molecule has 1 heterocycles. The lowest BCUT2D eigenvalue weighted by Crippen LogP contribution is -2.15. The molecule has 0 aliphatic heterocycles. The van der Waals surface area contributed by atoms with E-state index in [1.165, 1.54) is 30.6 Å². The van der Waals surface area contributed by atoms with Crippen LogP contribution in [0.3, 0.4) is 0 Å². The highest BCUT2D eigenvalue weighted by Gasteiger charge is 2.15. The maximum Gasteiger partial charge on any atom is 0.288 e. The highest BCUT2D eigenvalue weighted by Crippen LogP contribution is 2.30. The van der Waals surface area contributed by atoms with Crippen molar-refractivity contribution in [1.82, 2.24) is 9.97 Å². The monoisotopic (exact) mass is 293 g/mol. The van der Waals surface area contributed by atoms with E-state index in [9.17, 15) is 10.1 Å². The highest BCUT2D eigenvalue weighted by molar-refractivity contribution is 6.32. The lowest BCUT2D eigenvalue weighted by molar-refractivity contribution is -0.384. The van der Waals surface area contributed by atoms with E-state index >= 15 is 0 Å². The number of nitrogens with two attached hydrogens (primary N) is 1. The maximum absolute atomic E-state index is 10.6. The summed E-state index contributed by atoms with van der Waals surface area (Å²) in [7, 11) is 0. The van der Waals surface area contributed by atoms with Crippen molar-refractivity contribution in [1.29, 1.82) is 5.41 Å². The summed E-state index contributed by atoms with van der Waals surface area (Å²) in [5, 5.41) is 17.9. The first-order valence-corrected chi connectivity index (χ1v) is 5.64. The number of benzene rings is 1. The topological polar surface area (TPSA) is 128 Å². The molecule has 102 valence electrons. The maximum atomic E-state index is 10.6. The van der Waals surface area contributed by atoms with Gasteiger partial charge in [-0.05, 0) is 6.07 Å². The van der Waals surface area contributed by atoms with Crippen LogP contribution in [0.2, 0.25) is 5.02 Å². The zero-order chi connectivity index (χ0) is 14.7. The van der Waals surface area contributed by atoms with Crippen LogP contribution in [0, 0.1) is 15.5 Å². The Bertz CT molecular complexity index is 692. The van der Waals surface area contributed by atoms with Gasteiger partial charge in [0.25, 0.3) is 5.69 Å². The molecule has 2 aromatic rings. The molecule has 3 N–H and O–H groups in total. The molecule has 0 fully saturated rings. The summed E-state index contributed by atoms with van der Waals surface area (Å²) < 4.78 is 5.38. The Hall–Kier alpha value is -2.74. The average molecular weight is 294 g/mol. The van der Waals surface area contributed by atoms with Gasteiger partial charge in [-0.2, -0.15) is 0 Å². The Labute approximate surface area is 117 Å². The van der Waals surface area contributed by atoms with Crippen LogP contribution in [0.15, 0.2) is 30.6 Å². The molecule has 0 amide bonds. The number of nitro benzene ring substituents is 1. The van der Waals surface area contributed by atoms with Crippen molar-refractivity contribution in [3.63, 3.8) is 0 Å². The summed E-state index contributed by atoms with van der Waals surface area (Å²) in [5.41, 5.74) is 5.19. The van der Waals surface area contributed by atoms with Crippen LogP contribution >= 0.6 is 11.6 Å². The Morgan fingerprint density at radius 2 is 2.10 bits per heavy atom. The molecular weight excluding hydrogens is 286 g/mol. The lowest BCUT2D eigenvalue weighted by atomic mass is 10.3. The van der Waals surface area contributed by atoms with E-state index in [0.29, 0.717) is 0 Å². The van der Waals surface area contributed by atoms with Crippen LogP contribution in [0.1, 0.15) is 5.69 Å². The van der Waals surface area contributed by atoms with E-state index in [0.717, 1.165) is 0 Å². The minimum Gasteiger partial charge on any atom is -0.437 e. The van der Waals surface area contributed by atoms with Crippen molar-refractivity contribution < 1.29 is 9.66 Å². The quantitative estimate of drug-likeness (QED) is 0.384. The molecule has 0 aliphatic rings. The summed E-state index contributed by atoms with van der Waals surface area (Å²) in [6.07, 6.45) is 2.74. The Balaban J connectivity index is 2.34. The van der Waals surface area contributed by atoms with Gasteiger partial charge in [-0.25, -0.2) is 9.97 Å². The van der Waals surface area contributed by atoms with E-state index in [2.05, 4.69) is 9.97 Å². The number of halogens is 1. The van der Waals surface area contributed by atoms with Gasteiger partial charge in [-0.1, -0.05) is 11.6 Å². The molecule has 9 heteroatoms. The van der Waals surface area contributed by atoms with Crippen molar-refractivity contribution in [3.05, 3.63) is 51.4 Å². The predicted molar refractivity (Wildman–Crippen MR) is 71.2 cm³/mol. The van der Waals surface area contributed by atoms with Crippen LogP contribution < -0.4 is 10.5 Å². The minimum absolute atomic E-state index is 0.0184. The summed E-state index contributed by atoms with van der Waals surface area (Å²) in [4.78, 5) is 17.8. The second-order valence-corrected chi connectivity index (χ2v) is 4.00. The smallest absolute Gasteiger partial charge is 0.288 e. The molecular formula is C11H8ClN5O3. The van der Waals surface area contributed by atoms with Crippen LogP contribution in [0.5, 0.6) is 11.6 Å². The molecule has 0 radical (unpaired) electrons. The first kappa shape index (κ1) is 13.7. The fourth-order valence-electron chi connectivity index (χ4n) is 1.40. The average Bonchev–Trinajstić information content (AvgIpc) is 2.38. The van der Waals surface area contributed by atoms with Crippen LogP contribution in [0.25, 0.3) is 0 Å². The summed E-state index contributed by atoms with van der Waals surface area (Å²) >= 11 is 5.77. The molecule has 1 aromatic carbocycles. The molecule has 2 rings (SSSR count). The van der Waals surface area contributed by atoms with Gasteiger partial charge in [0.15, 0.2) is 5.69 Å². The second-order valence-electron chi connectivity index (χ2n) is 3.60. The largest absolute Gasteiger partial charge is 0.437 e. The molecule has 0 unspecified atom stereocenters. The van der Waals surface area contributed by atoms with Gasteiger partial charge in [0.05, 0.1) is 4.92 Å². The van der Waals surface area contributed by atoms with Gasteiger partial charge in [0, 0.05) is 24.5 Å². The number of nitrogen functional groups attached to an aromatic ring is 1. The zero-order valence-corrected chi connectivity index (χ0v) is 10.7. The molecule has 0 aliphatic carbocycles. The van der Waals surface area contributed by atoms with Crippen molar-refractivity contribution >= 4 is 23.1 Å². The highest BCUT2D eigenvalue weighted by atomic mass is 35.5. The van der Waals surface area contributed by atoms with Crippen LogP contribution in [-0.4, -0.2) is 20.7 Å². The second kappa shape index (κ2) is 5.49. The normalized spacial score (nSPS) is 10.1. The number of nitrogens with zero attached hydrogens (tertiary/aromatic N) is 3. The van der Waals surface area contributed by atoms with Gasteiger partial charge in [0.2, 0.25) is 5.88 Å². The van der Waals surface area contributed by atoms with Gasteiger partial charge < -0.3 is 10.5 Å². The molecule has 8 nitrogen and oxygen atoms in total. The number of nitro groups is 1. The lowest BCUT2D eigenvalue weighted by Gasteiger charge is -2.08. The number of hydrogen-bond acceptors (Lipinski definition) is 6. The van der Waals surface area contributed by atoms with Crippen molar-refractivity contribution in [3.8, 4) is 11.6 Å². The fraction of sp³-hybridized carbons (Fsp3) is 0. The SMILES string of the molecule is N=C(N)c1nccnc1Oc1ccc([N+](=O)[O-])c(Cl)c1. The zero-order valence-electron chi connectivity index (χ0n) is 9.91. The fourth-order valence-corrected chi connectivity index (χ4v) is 1.64. The molecule has 0 spiro atoms. The first-order chi connectivity index (χ1) is 9.49. The van der Waals surface area contributed by atoms with E-state index in [4.69, 9.17) is 27.5 Å². The molecule has 0 saturated heterocycles. The number of aromatic nitrogens is 2. The van der Waals surface area contributed by atoms with E-state index in [1.807, 2.05) is 0 Å². The first-order valence-electron chi connectivity index (χ1n) is 5.26. The Kier molecular flexibility index (Phi) is 3.76. The number of amidine groups is 1. The number of hydrogen-bond donors (Lipinski definition) is 2. The third kappa shape index (κ3) is 2.81. The van der Waals surface area contributed by atoms with Crippen LogP contribution in [0.4, 0.5) is 5.69 Å². The Morgan fingerprint density at radius 3 is 2.70 bits per heavy atom. The minimum atomic E-state index is -0.602. The molecule has 0 atom stereocenters. The third-order valence-electron chi connectivity index (χ3n) is 2.25. The number of nitrogens with one attached hydrogen (secondary N) is 1. The van der Waals surface area contributed by atoms with Crippen molar-refractivity contribution in [2.75, 3.05) is 0 Å². The van der Waals surface area contributed by atoms with E-state index < -0.39 is 4.92 Å². The molecule has 1 aromatic heterocycles. The predicted octanol–water partition coefficient (Wildman–Crippen LogP) is 2.11. The van der Waals surface area contributed by atoms with Gasteiger partial charge in [-0.3, -0.25) is 15.5 Å². The van der Waals surface area contributed by atoms with Gasteiger partial charge in [-0.15, -0.1) is 0 Å². The summed E-state index contributed by atoms with van der Waals surface area (Å²) in [5.74, 6) is -0.0605. The molecule has 0 bridgehead atoms. The summed E-state index contributed by atoms with van der Waals surface area (Å²) in [6, 6.07) is 3.85. The van der Waals surface area contributed by atoms with Gasteiger partial charge in [0.1, 0.15) is 16.6 Å². The van der Waals surface area contributed by atoms with Crippen molar-refractivity contribution in [2.45, 2.75) is 0 Å². The van der Waals surface area contributed by atoms with Crippen LogP contribution in [-0.2, 0) is 0 Å². The molecule has 0 saturated carbocycles.